The molecule has 0 aliphatic rings. The summed E-state index contributed by atoms with van der Waals surface area (Å²) in [4.78, 5) is 4.59. The Morgan fingerprint density at radius 2 is 2.09 bits per heavy atom. The molecule has 0 spiro atoms. The molecule has 6 heteroatoms. The van der Waals surface area contributed by atoms with Gasteiger partial charge in [0.15, 0.2) is 11.5 Å². The Labute approximate surface area is 134 Å². The largest absolute Gasteiger partial charge is 0.316 e. The van der Waals surface area contributed by atoms with Gasteiger partial charge in [-0.05, 0) is 18.7 Å². The van der Waals surface area contributed by atoms with Crippen molar-refractivity contribution in [2.45, 2.75) is 32.7 Å². The van der Waals surface area contributed by atoms with Crippen LogP contribution in [0.25, 0.3) is 17.0 Å². The average molecular weight is 318 g/mol. The van der Waals surface area contributed by atoms with Crippen molar-refractivity contribution >= 4 is 17.2 Å². The molecule has 2 N–H and O–H groups in total. The van der Waals surface area contributed by atoms with Gasteiger partial charge in [0.1, 0.15) is 5.02 Å². The van der Waals surface area contributed by atoms with E-state index in [-0.39, 0.29) is 5.41 Å². The second-order valence-electron chi connectivity index (χ2n) is 6.45. The van der Waals surface area contributed by atoms with E-state index >= 15 is 0 Å². The van der Waals surface area contributed by atoms with Crippen molar-refractivity contribution < 1.29 is 0 Å². The molecule has 0 saturated carbocycles. The summed E-state index contributed by atoms with van der Waals surface area (Å²) >= 11 is 6.46. The van der Waals surface area contributed by atoms with Gasteiger partial charge < -0.3 is 5.32 Å². The zero-order chi connectivity index (χ0) is 15.9. The lowest BCUT2D eigenvalue weighted by molar-refractivity contribution is 0.557. The number of nitrogens with one attached hydrogen (secondary N) is 2. The maximum absolute atomic E-state index is 6.46. The smallest absolute Gasteiger partial charge is 0.194 e. The molecule has 22 heavy (non-hydrogen) atoms. The van der Waals surface area contributed by atoms with Gasteiger partial charge in [-0.2, -0.15) is 4.63 Å². The molecule has 1 aromatic carbocycles. The van der Waals surface area contributed by atoms with E-state index in [1.54, 1.807) is 4.63 Å². The van der Waals surface area contributed by atoms with Gasteiger partial charge in [0.05, 0.1) is 5.69 Å². The predicted octanol–water partition coefficient (Wildman–Crippen LogP) is 3.39. The molecule has 0 amide bonds. The highest BCUT2D eigenvalue weighted by Crippen LogP contribution is 2.31. The summed E-state index contributed by atoms with van der Waals surface area (Å²) in [5.74, 6) is 0.673. The van der Waals surface area contributed by atoms with Crippen LogP contribution in [0.2, 0.25) is 5.02 Å². The second kappa shape index (κ2) is 5.41. The third-order valence-corrected chi connectivity index (χ3v) is 3.91. The third kappa shape index (κ3) is 2.62. The summed E-state index contributed by atoms with van der Waals surface area (Å²) in [6.07, 6.45) is 0. The summed E-state index contributed by atoms with van der Waals surface area (Å²) < 4.78 is 1.66. The molecule has 0 aliphatic heterocycles. The van der Waals surface area contributed by atoms with Crippen LogP contribution in [-0.2, 0) is 12.0 Å². The Kier molecular flexibility index (Phi) is 3.70. The molecule has 2 aromatic heterocycles. The van der Waals surface area contributed by atoms with Crippen LogP contribution in [0, 0.1) is 0 Å². The summed E-state index contributed by atoms with van der Waals surface area (Å²) in [5.41, 5.74) is 3.71. The normalized spacial score (nSPS) is 12.2. The van der Waals surface area contributed by atoms with E-state index < -0.39 is 0 Å². The Bertz CT molecular complexity index is 810. The molecule has 3 aromatic rings. The molecule has 2 heterocycles. The van der Waals surface area contributed by atoms with Gasteiger partial charge in [-0.15, -0.1) is 5.10 Å². The van der Waals surface area contributed by atoms with E-state index in [0.717, 1.165) is 17.8 Å². The number of hydrogen-bond acceptors (Lipinski definition) is 3. The van der Waals surface area contributed by atoms with Gasteiger partial charge in [0.2, 0.25) is 0 Å². The molecule has 0 fully saturated rings. The Balaban J connectivity index is 2.05. The number of H-pyrrole nitrogens is 1. The van der Waals surface area contributed by atoms with E-state index in [2.05, 4.69) is 53.4 Å². The molecule has 116 valence electrons. The standard InChI is InChI=1S/C16H20ClN5/c1-16(2,3)13-12(17)15-19-14(21-22(15)20-13)11-7-5-6-10(8-11)9-18-4/h5-8,18,20H,9H2,1-4H3. The minimum Gasteiger partial charge on any atom is -0.316 e. The number of rotatable bonds is 3. The van der Waals surface area contributed by atoms with Gasteiger partial charge in [-0.3, -0.25) is 5.10 Å². The van der Waals surface area contributed by atoms with E-state index in [0.29, 0.717) is 16.5 Å². The fourth-order valence-corrected chi connectivity index (χ4v) is 2.89. The minimum atomic E-state index is -0.0770. The van der Waals surface area contributed by atoms with Crippen LogP contribution in [0.15, 0.2) is 24.3 Å². The summed E-state index contributed by atoms with van der Waals surface area (Å²) in [6, 6.07) is 8.18. The van der Waals surface area contributed by atoms with E-state index in [4.69, 9.17) is 11.6 Å². The topological polar surface area (TPSA) is 58.0 Å². The Morgan fingerprint density at radius 1 is 1.32 bits per heavy atom. The lowest BCUT2D eigenvalue weighted by Crippen LogP contribution is -2.13. The SMILES string of the molecule is CNCc1cccc(-c2nc3c(Cl)c(C(C)(C)C)[nH]n3n2)c1. The van der Waals surface area contributed by atoms with Crippen molar-refractivity contribution in [3.05, 3.63) is 40.5 Å². The number of nitrogens with zero attached hydrogens (tertiary/aromatic N) is 3. The molecule has 0 saturated heterocycles. The fraction of sp³-hybridized carbons (Fsp3) is 0.375. The first kappa shape index (κ1) is 15.1. The van der Waals surface area contributed by atoms with Crippen LogP contribution >= 0.6 is 11.6 Å². The highest BCUT2D eigenvalue weighted by atomic mass is 35.5. The number of benzene rings is 1. The van der Waals surface area contributed by atoms with Gasteiger partial charge in [-0.25, -0.2) is 4.98 Å². The zero-order valence-corrected chi connectivity index (χ0v) is 14.0. The van der Waals surface area contributed by atoms with Gasteiger partial charge in [0.25, 0.3) is 0 Å². The minimum absolute atomic E-state index is 0.0770. The monoisotopic (exact) mass is 317 g/mol. The van der Waals surface area contributed by atoms with Crippen LogP contribution in [-0.4, -0.2) is 26.9 Å². The highest BCUT2D eigenvalue weighted by Gasteiger charge is 2.24. The number of hydrogen-bond donors (Lipinski definition) is 2. The van der Waals surface area contributed by atoms with Crippen LogP contribution in [0.5, 0.6) is 0 Å². The lowest BCUT2D eigenvalue weighted by Gasteiger charge is -2.16. The molecule has 0 radical (unpaired) electrons. The van der Waals surface area contributed by atoms with E-state index in [9.17, 15) is 0 Å². The van der Waals surface area contributed by atoms with Crippen LogP contribution in [0.3, 0.4) is 0 Å². The first-order chi connectivity index (χ1) is 10.4. The summed E-state index contributed by atoms with van der Waals surface area (Å²) in [6.45, 7) is 7.12. The molecule has 0 aliphatic carbocycles. The Hall–Kier alpha value is -1.85. The maximum Gasteiger partial charge on any atom is 0.194 e. The van der Waals surface area contributed by atoms with Crippen molar-refractivity contribution in [3.63, 3.8) is 0 Å². The molecular formula is C16H20ClN5. The maximum atomic E-state index is 6.46. The fourth-order valence-electron chi connectivity index (χ4n) is 2.44. The zero-order valence-electron chi connectivity index (χ0n) is 13.2. The number of aromatic nitrogens is 4. The van der Waals surface area contributed by atoms with Gasteiger partial charge in [0, 0.05) is 17.5 Å². The van der Waals surface area contributed by atoms with Gasteiger partial charge in [-0.1, -0.05) is 50.6 Å². The third-order valence-electron chi connectivity index (χ3n) is 3.56. The molecular weight excluding hydrogens is 298 g/mol. The second-order valence-corrected chi connectivity index (χ2v) is 6.83. The lowest BCUT2D eigenvalue weighted by atomic mass is 9.92. The van der Waals surface area contributed by atoms with Crippen LogP contribution in [0.1, 0.15) is 32.0 Å². The van der Waals surface area contributed by atoms with Crippen LogP contribution < -0.4 is 5.32 Å². The van der Waals surface area contributed by atoms with Crippen molar-refractivity contribution in [2.24, 2.45) is 0 Å². The molecule has 3 rings (SSSR count). The van der Waals surface area contributed by atoms with Crippen molar-refractivity contribution in [3.8, 4) is 11.4 Å². The summed E-state index contributed by atoms with van der Waals surface area (Å²) in [5, 5.41) is 11.5. The summed E-state index contributed by atoms with van der Waals surface area (Å²) in [7, 11) is 1.93. The van der Waals surface area contributed by atoms with E-state index in [1.807, 2.05) is 19.2 Å². The van der Waals surface area contributed by atoms with Crippen molar-refractivity contribution in [2.75, 3.05) is 7.05 Å². The average Bonchev–Trinajstić information content (AvgIpc) is 2.99. The molecule has 0 bridgehead atoms. The first-order valence-corrected chi connectivity index (χ1v) is 7.66. The first-order valence-electron chi connectivity index (χ1n) is 7.29. The van der Waals surface area contributed by atoms with Gasteiger partial charge >= 0.3 is 0 Å². The Morgan fingerprint density at radius 3 is 2.73 bits per heavy atom. The molecule has 0 atom stereocenters. The van der Waals surface area contributed by atoms with E-state index in [1.165, 1.54) is 5.56 Å². The quantitative estimate of drug-likeness (QED) is 0.778. The number of aromatic amines is 1. The predicted molar refractivity (Wildman–Crippen MR) is 89.2 cm³/mol. The van der Waals surface area contributed by atoms with Crippen molar-refractivity contribution in [1.82, 2.24) is 25.1 Å². The molecule has 5 nitrogen and oxygen atoms in total. The molecule has 0 unspecified atom stereocenters. The highest BCUT2D eigenvalue weighted by molar-refractivity contribution is 6.34. The number of fused-ring (bicyclic) bond motifs is 1. The number of halogens is 1. The van der Waals surface area contributed by atoms with Crippen LogP contribution in [0.4, 0.5) is 0 Å². The van der Waals surface area contributed by atoms with Crippen molar-refractivity contribution in [1.29, 1.82) is 0 Å².